The Morgan fingerprint density at radius 3 is 2.77 bits per heavy atom. The zero-order valence-corrected chi connectivity index (χ0v) is 12.2. The Morgan fingerprint density at radius 1 is 1.32 bits per heavy atom. The van der Waals surface area contributed by atoms with Gasteiger partial charge in [0.25, 0.3) is 5.69 Å². The van der Waals surface area contributed by atoms with Crippen LogP contribution in [-0.2, 0) is 15.7 Å². The molecule has 0 spiro atoms. The van der Waals surface area contributed by atoms with Crippen LogP contribution in [-0.4, -0.2) is 18.0 Å². The van der Waals surface area contributed by atoms with Crippen LogP contribution in [0.3, 0.4) is 0 Å². The minimum atomic E-state index is -1.11. The Hall–Kier alpha value is -2.74. The van der Waals surface area contributed by atoms with E-state index >= 15 is 0 Å². The topological polar surface area (TPSA) is 91.0 Å². The molecule has 1 atom stereocenters. The van der Waals surface area contributed by atoms with E-state index in [1.165, 1.54) is 25.3 Å². The van der Waals surface area contributed by atoms with Crippen molar-refractivity contribution in [3.05, 3.63) is 58.1 Å². The quantitative estimate of drug-likeness (QED) is 0.492. The van der Waals surface area contributed by atoms with Crippen molar-refractivity contribution in [2.24, 2.45) is 4.36 Å². The maximum absolute atomic E-state index is 11.5. The lowest BCUT2D eigenvalue weighted by atomic mass is 10.2. The van der Waals surface area contributed by atoms with Crippen molar-refractivity contribution in [2.75, 3.05) is 7.11 Å². The highest BCUT2D eigenvalue weighted by Gasteiger charge is 2.25. The summed E-state index contributed by atoms with van der Waals surface area (Å²) in [6, 6.07) is 11.3. The number of esters is 1. The molecule has 0 N–H and O–H groups in total. The summed E-state index contributed by atoms with van der Waals surface area (Å²) in [5.41, 5.74) is 0.540. The number of carbonyl (C=O) groups excluding carboxylic acids is 1. The van der Waals surface area contributed by atoms with E-state index in [1.807, 2.05) is 6.07 Å². The number of fused-ring (bicyclic) bond motifs is 1. The van der Waals surface area contributed by atoms with Gasteiger partial charge in [-0.05, 0) is 24.3 Å². The highest BCUT2D eigenvalue weighted by molar-refractivity contribution is 7.83. The molecule has 1 aliphatic rings. The zero-order valence-electron chi connectivity index (χ0n) is 11.4. The Kier molecular flexibility index (Phi) is 3.60. The van der Waals surface area contributed by atoms with Gasteiger partial charge in [0.2, 0.25) is 0 Å². The van der Waals surface area contributed by atoms with Crippen LogP contribution in [0.1, 0.15) is 10.4 Å². The molecular formula is C14H10N2O5S. The number of para-hydroxylation sites is 1. The second-order valence-electron chi connectivity index (χ2n) is 4.32. The largest absolute Gasteiger partial charge is 0.465 e. The summed E-state index contributed by atoms with van der Waals surface area (Å²) in [6.45, 7) is 0. The highest BCUT2D eigenvalue weighted by atomic mass is 32.2. The van der Waals surface area contributed by atoms with Crippen molar-refractivity contribution in [1.82, 2.24) is 0 Å². The van der Waals surface area contributed by atoms with Gasteiger partial charge in [-0.25, -0.2) is 4.79 Å². The fraction of sp³-hybridized carbons (Fsp3) is 0.0714. The SMILES string of the molecule is COC(=O)c1ccc(S2=Nc3ccccc3O2)c([N+](=O)[O-])c1. The molecule has 3 rings (SSSR count). The average molecular weight is 318 g/mol. The van der Waals surface area contributed by atoms with E-state index in [2.05, 4.69) is 9.10 Å². The lowest BCUT2D eigenvalue weighted by Crippen LogP contribution is -2.06. The minimum absolute atomic E-state index is 0.110. The van der Waals surface area contributed by atoms with Crippen LogP contribution in [0.15, 0.2) is 51.7 Å². The number of nitro benzene ring substituents is 1. The van der Waals surface area contributed by atoms with E-state index in [0.717, 1.165) is 0 Å². The molecule has 8 heteroatoms. The Labute approximate surface area is 127 Å². The molecule has 0 bridgehead atoms. The number of nitrogens with zero attached hydrogens (tertiary/aromatic N) is 2. The first-order valence-corrected chi connectivity index (χ1v) is 7.31. The first-order chi connectivity index (χ1) is 10.6. The maximum atomic E-state index is 11.5. The molecule has 1 heterocycles. The molecule has 22 heavy (non-hydrogen) atoms. The van der Waals surface area contributed by atoms with Gasteiger partial charge in [0.05, 0.1) is 17.6 Å². The second kappa shape index (κ2) is 5.57. The van der Waals surface area contributed by atoms with Crippen LogP contribution < -0.4 is 4.18 Å². The molecule has 0 saturated carbocycles. The molecule has 0 amide bonds. The molecule has 0 aromatic heterocycles. The molecule has 0 radical (unpaired) electrons. The smallest absolute Gasteiger partial charge is 0.338 e. The van der Waals surface area contributed by atoms with E-state index in [9.17, 15) is 14.9 Å². The Morgan fingerprint density at radius 2 is 2.09 bits per heavy atom. The van der Waals surface area contributed by atoms with E-state index in [0.29, 0.717) is 16.3 Å². The molecule has 0 fully saturated rings. The predicted molar refractivity (Wildman–Crippen MR) is 79.2 cm³/mol. The normalized spacial score (nSPS) is 15.4. The number of methoxy groups -OCH3 is 1. The molecule has 7 nitrogen and oxygen atoms in total. The summed E-state index contributed by atoms with van der Waals surface area (Å²) >= 11 is 0. The minimum Gasteiger partial charge on any atom is -0.465 e. The molecule has 1 unspecified atom stereocenters. The summed E-state index contributed by atoms with van der Waals surface area (Å²) in [5.74, 6) is -0.0530. The van der Waals surface area contributed by atoms with Gasteiger partial charge >= 0.3 is 5.97 Å². The van der Waals surface area contributed by atoms with Crippen LogP contribution in [0.5, 0.6) is 5.75 Å². The van der Waals surface area contributed by atoms with E-state index < -0.39 is 21.9 Å². The van der Waals surface area contributed by atoms with E-state index in [-0.39, 0.29) is 11.3 Å². The van der Waals surface area contributed by atoms with Gasteiger partial charge in [0.15, 0.2) is 5.75 Å². The Balaban J connectivity index is 2.05. The fourth-order valence-corrected chi connectivity index (χ4v) is 3.31. The van der Waals surface area contributed by atoms with Gasteiger partial charge in [-0.2, -0.15) is 4.36 Å². The fourth-order valence-electron chi connectivity index (χ4n) is 1.94. The van der Waals surface area contributed by atoms with Gasteiger partial charge < -0.3 is 8.92 Å². The third kappa shape index (κ3) is 2.44. The number of ether oxygens (including phenoxy) is 1. The van der Waals surface area contributed by atoms with Crippen LogP contribution in [0.25, 0.3) is 0 Å². The molecule has 1 aliphatic heterocycles. The first kappa shape index (κ1) is 14.2. The summed E-state index contributed by atoms with van der Waals surface area (Å²) in [5, 5.41) is 11.3. The van der Waals surface area contributed by atoms with Gasteiger partial charge in [-0.1, -0.05) is 12.1 Å². The molecule has 2 aromatic carbocycles. The van der Waals surface area contributed by atoms with Crippen molar-refractivity contribution >= 4 is 28.3 Å². The average Bonchev–Trinajstić information content (AvgIpc) is 2.97. The highest BCUT2D eigenvalue weighted by Crippen LogP contribution is 2.38. The molecular weight excluding hydrogens is 308 g/mol. The molecule has 0 saturated heterocycles. The monoisotopic (exact) mass is 318 g/mol. The lowest BCUT2D eigenvalue weighted by molar-refractivity contribution is -0.387. The Bertz CT molecular complexity index is 819. The summed E-state index contributed by atoms with van der Waals surface area (Å²) in [6.07, 6.45) is 0. The molecule has 2 aromatic rings. The standard InChI is InChI=1S/C14H10N2O5S/c1-20-14(17)9-6-7-13(11(8-9)16(18)19)22-15-10-4-2-3-5-12(10)21-22/h2-8H,1H3. The van der Waals surface area contributed by atoms with Crippen molar-refractivity contribution in [1.29, 1.82) is 0 Å². The van der Waals surface area contributed by atoms with Crippen molar-refractivity contribution in [3.8, 4) is 5.75 Å². The van der Waals surface area contributed by atoms with Crippen molar-refractivity contribution < 1.29 is 18.6 Å². The predicted octanol–water partition coefficient (Wildman–Crippen LogP) is 3.18. The van der Waals surface area contributed by atoms with Gasteiger partial charge in [-0.15, -0.1) is 0 Å². The third-order valence-electron chi connectivity index (χ3n) is 2.98. The molecule has 0 aliphatic carbocycles. The number of hydrogen-bond acceptors (Lipinski definition) is 6. The van der Waals surface area contributed by atoms with Crippen LogP contribution >= 0.6 is 0 Å². The van der Waals surface area contributed by atoms with Crippen molar-refractivity contribution in [3.63, 3.8) is 0 Å². The van der Waals surface area contributed by atoms with Gasteiger partial charge in [0.1, 0.15) is 21.6 Å². The summed E-state index contributed by atoms with van der Waals surface area (Å²) < 4.78 is 14.6. The number of rotatable bonds is 3. The van der Waals surface area contributed by atoms with Gasteiger partial charge in [0, 0.05) is 6.07 Å². The van der Waals surface area contributed by atoms with Crippen molar-refractivity contribution in [2.45, 2.75) is 4.90 Å². The number of hydrogen-bond donors (Lipinski definition) is 0. The number of carbonyl (C=O) groups is 1. The van der Waals surface area contributed by atoms with Crippen LogP contribution in [0, 0.1) is 10.1 Å². The summed E-state index contributed by atoms with van der Waals surface area (Å²) in [4.78, 5) is 22.5. The third-order valence-corrected chi connectivity index (χ3v) is 4.40. The first-order valence-electron chi connectivity index (χ1n) is 6.20. The lowest BCUT2D eigenvalue weighted by Gasteiger charge is -2.06. The van der Waals surface area contributed by atoms with E-state index in [4.69, 9.17) is 4.18 Å². The number of nitro groups is 1. The molecule has 112 valence electrons. The van der Waals surface area contributed by atoms with Crippen LogP contribution in [0.4, 0.5) is 11.4 Å². The van der Waals surface area contributed by atoms with E-state index in [1.54, 1.807) is 18.2 Å². The summed E-state index contributed by atoms with van der Waals surface area (Å²) in [7, 11) is 0.107. The van der Waals surface area contributed by atoms with Crippen LogP contribution in [0.2, 0.25) is 0 Å². The van der Waals surface area contributed by atoms with Gasteiger partial charge in [-0.3, -0.25) is 10.1 Å². The zero-order chi connectivity index (χ0) is 15.7. The maximum Gasteiger partial charge on any atom is 0.338 e. The second-order valence-corrected chi connectivity index (χ2v) is 5.61. The number of benzene rings is 2.